The van der Waals surface area contributed by atoms with Gasteiger partial charge in [0, 0.05) is 0 Å². The molecule has 0 unspecified atom stereocenters. The van der Waals surface area contributed by atoms with Crippen LogP contribution >= 0.6 is 0 Å². The summed E-state index contributed by atoms with van der Waals surface area (Å²) >= 11 is 0. The molecule has 3 N–H and O–H groups in total. The van der Waals surface area contributed by atoms with E-state index in [0.717, 1.165) is 0 Å². The third kappa shape index (κ3) is 1.75. The minimum absolute atomic E-state index is 0.101. The van der Waals surface area contributed by atoms with Crippen LogP contribution in [0, 0.1) is 0 Å². The van der Waals surface area contributed by atoms with Crippen molar-refractivity contribution in [1.29, 1.82) is 0 Å². The first-order chi connectivity index (χ1) is 8.53. The highest BCUT2D eigenvalue weighted by atomic mass is 16.4. The number of hydrogen-bond donors (Lipinski definition) is 3. The van der Waals surface area contributed by atoms with Crippen molar-refractivity contribution in [3.63, 3.8) is 0 Å². The molecule has 0 saturated carbocycles. The van der Waals surface area contributed by atoms with Crippen LogP contribution in [-0.4, -0.2) is 44.1 Å². The molecule has 1 aromatic carbocycles. The molecule has 6 nitrogen and oxygen atoms in total. The maximum Gasteiger partial charge on any atom is 0.337 e. The minimum Gasteiger partial charge on any atom is -0.478 e. The molecule has 0 fully saturated rings. The van der Waals surface area contributed by atoms with E-state index in [-0.39, 0.29) is 18.8 Å². The van der Waals surface area contributed by atoms with Crippen molar-refractivity contribution in [3.8, 4) is 0 Å². The number of carbonyl (C=O) groups is 1. The van der Waals surface area contributed by atoms with Gasteiger partial charge in [-0.3, -0.25) is 0 Å². The van der Waals surface area contributed by atoms with Crippen LogP contribution in [0.2, 0.25) is 0 Å². The lowest BCUT2D eigenvalue weighted by atomic mass is 10.0. The zero-order valence-electron chi connectivity index (χ0n) is 9.87. The van der Waals surface area contributed by atoms with Gasteiger partial charge in [0.25, 0.3) is 0 Å². The lowest BCUT2D eigenvalue weighted by Gasteiger charge is -2.27. The van der Waals surface area contributed by atoms with Crippen LogP contribution in [-0.2, 0) is 5.54 Å². The van der Waals surface area contributed by atoms with Crippen molar-refractivity contribution in [2.24, 2.45) is 0 Å². The Morgan fingerprint density at radius 2 is 2.06 bits per heavy atom. The average molecular weight is 250 g/mol. The number of aromatic carboxylic acids is 1. The van der Waals surface area contributed by atoms with Crippen LogP contribution in [0.1, 0.15) is 17.3 Å². The molecular formula is C12H14N2O4. The van der Waals surface area contributed by atoms with Gasteiger partial charge >= 0.3 is 5.97 Å². The first kappa shape index (κ1) is 12.5. The lowest BCUT2D eigenvalue weighted by Crippen LogP contribution is -2.37. The Balaban J connectivity index is 2.69. The van der Waals surface area contributed by atoms with E-state index in [9.17, 15) is 15.0 Å². The highest BCUT2D eigenvalue weighted by molar-refractivity contribution is 6.00. The van der Waals surface area contributed by atoms with Gasteiger partial charge in [-0.15, -0.1) is 0 Å². The Morgan fingerprint density at radius 3 is 2.61 bits per heavy atom. The summed E-state index contributed by atoms with van der Waals surface area (Å²) in [6.07, 6.45) is 1.43. The summed E-state index contributed by atoms with van der Waals surface area (Å²) in [5, 5.41) is 27.8. The second-order valence-corrected chi connectivity index (χ2v) is 4.41. The molecule has 0 amide bonds. The number of fused-ring (bicyclic) bond motifs is 1. The molecule has 1 aromatic heterocycles. The fourth-order valence-electron chi connectivity index (χ4n) is 1.84. The van der Waals surface area contributed by atoms with Crippen molar-refractivity contribution < 1.29 is 20.1 Å². The molecule has 0 aliphatic heterocycles. The van der Waals surface area contributed by atoms with Gasteiger partial charge in [-0.05, 0) is 19.1 Å². The third-order valence-electron chi connectivity index (χ3n) is 3.07. The predicted octanol–water partition coefficient (Wildman–Crippen LogP) is 0.434. The van der Waals surface area contributed by atoms with Gasteiger partial charge in [0.1, 0.15) is 5.52 Å². The third-order valence-corrected chi connectivity index (χ3v) is 3.07. The molecule has 18 heavy (non-hydrogen) atoms. The van der Waals surface area contributed by atoms with Gasteiger partial charge in [0.2, 0.25) is 0 Å². The summed E-state index contributed by atoms with van der Waals surface area (Å²) in [6, 6.07) is 4.79. The molecule has 2 aromatic rings. The molecule has 0 atom stereocenters. The summed E-state index contributed by atoms with van der Waals surface area (Å²) in [5.41, 5.74) is 0.106. The van der Waals surface area contributed by atoms with E-state index in [4.69, 9.17) is 5.11 Å². The van der Waals surface area contributed by atoms with E-state index in [1.54, 1.807) is 23.6 Å². The van der Waals surface area contributed by atoms with Crippen LogP contribution in [0.5, 0.6) is 0 Å². The van der Waals surface area contributed by atoms with Crippen LogP contribution in [0.15, 0.2) is 24.5 Å². The van der Waals surface area contributed by atoms with E-state index in [2.05, 4.69) is 4.98 Å². The van der Waals surface area contributed by atoms with Crippen molar-refractivity contribution >= 4 is 17.0 Å². The molecule has 0 aliphatic rings. The van der Waals surface area contributed by atoms with Gasteiger partial charge < -0.3 is 19.9 Å². The van der Waals surface area contributed by atoms with E-state index < -0.39 is 11.5 Å². The molecule has 0 aliphatic carbocycles. The number of aromatic nitrogens is 2. The van der Waals surface area contributed by atoms with Gasteiger partial charge in [0.15, 0.2) is 0 Å². The standard InChI is InChI=1S/C12H14N2O4/c1-12(5-15,6-16)14-7-13-10-8(11(17)18)3-2-4-9(10)14/h2-4,7,15-16H,5-6H2,1H3,(H,17,18). The highest BCUT2D eigenvalue weighted by Gasteiger charge is 2.27. The molecule has 1 heterocycles. The van der Waals surface area contributed by atoms with E-state index >= 15 is 0 Å². The van der Waals surface area contributed by atoms with Crippen LogP contribution in [0.3, 0.4) is 0 Å². The summed E-state index contributed by atoms with van der Waals surface area (Å²) in [7, 11) is 0. The SMILES string of the molecule is CC(CO)(CO)n1cnc2c(C(=O)O)cccc21. The topological polar surface area (TPSA) is 95.6 Å². The van der Waals surface area contributed by atoms with Crippen LogP contribution < -0.4 is 0 Å². The normalized spacial score (nSPS) is 11.9. The summed E-state index contributed by atoms with van der Waals surface area (Å²) in [5.74, 6) is -1.06. The fourth-order valence-corrected chi connectivity index (χ4v) is 1.84. The predicted molar refractivity (Wildman–Crippen MR) is 64.5 cm³/mol. The number of hydrogen-bond acceptors (Lipinski definition) is 4. The number of imidazole rings is 1. The maximum atomic E-state index is 11.1. The van der Waals surface area contributed by atoms with Crippen molar-refractivity contribution in [1.82, 2.24) is 9.55 Å². The summed E-state index contributed by atoms with van der Waals surface area (Å²) in [4.78, 5) is 15.1. The Bertz CT molecular complexity index is 587. The van der Waals surface area contributed by atoms with Gasteiger partial charge in [0.05, 0.1) is 36.2 Å². The maximum absolute atomic E-state index is 11.1. The molecule has 0 bridgehead atoms. The first-order valence-electron chi connectivity index (χ1n) is 5.45. The van der Waals surface area contributed by atoms with E-state index in [1.165, 1.54) is 12.4 Å². The number of aliphatic hydroxyl groups excluding tert-OH is 2. The smallest absolute Gasteiger partial charge is 0.337 e. The molecule has 0 radical (unpaired) electrons. The fraction of sp³-hybridized carbons (Fsp3) is 0.333. The van der Waals surface area contributed by atoms with Crippen molar-refractivity contribution in [2.45, 2.75) is 12.5 Å². The Hall–Kier alpha value is -1.92. The Kier molecular flexibility index (Phi) is 3.06. The van der Waals surface area contributed by atoms with Gasteiger partial charge in [-0.1, -0.05) is 6.07 Å². The molecule has 6 heteroatoms. The number of aliphatic hydroxyl groups is 2. The van der Waals surface area contributed by atoms with Gasteiger partial charge in [-0.2, -0.15) is 0 Å². The number of carboxylic acids is 1. The lowest BCUT2D eigenvalue weighted by molar-refractivity contribution is 0.0699. The summed E-state index contributed by atoms with van der Waals surface area (Å²) in [6.45, 7) is 1.13. The van der Waals surface area contributed by atoms with Gasteiger partial charge in [-0.25, -0.2) is 9.78 Å². The minimum atomic E-state index is -1.06. The molecular weight excluding hydrogens is 236 g/mol. The number of carboxylic acid groups (broad SMARTS) is 1. The summed E-state index contributed by atoms with van der Waals surface area (Å²) < 4.78 is 1.59. The highest BCUT2D eigenvalue weighted by Crippen LogP contribution is 2.24. The quantitative estimate of drug-likeness (QED) is 0.731. The largest absolute Gasteiger partial charge is 0.478 e. The zero-order valence-corrected chi connectivity index (χ0v) is 9.87. The van der Waals surface area contributed by atoms with E-state index in [0.29, 0.717) is 11.0 Å². The number of rotatable bonds is 4. The van der Waals surface area contributed by atoms with E-state index in [1.807, 2.05) is 0 Å². The van der Waals surface area contributed by atoms with Crippen molar-refractivity contribution in [3.05, 3.63) is 30.1 Å². The number of nitrogens with zero attached hydrogens (tertiary/aromatic N) is 2. The number of para-hydroxylation sites is 1. The monoisotopic (exact) mass is 250 g/mol. The molecule has 96 valence electrons. The van der Waals surface area contributed by atoms with Crippen LogP contribution in [0.4, 0.5) is 0 Å². The number of benzene rings is 1. The molecule has 0 saturated heterocycles. The average Bonchev–Trinajstić information content (AvgIpc) is 2.81. The van der Waals surface area contributed by atoms with Crippen LogP contribution in [0.25, 0.3) is 11.0 Å². The Labute approximate surface area is 103 Å². The zero-order chi connectivity index (χ0) is 13.3. The molecule has 2 rings (SSSR count). The molecule has 0 spiro atoms. The Morgan fingerprint density at radius 1 is 1.39 bits per heavy atom. The second kappa shape index (κ2) is 4.40. The van der Waals surface area contributed by atoms with Crippen molar-refractivity contribution in [2.75, 3.05) is 13.2 Å². The second-order valence-electron chi connectivity index (χ2n) is 4.41. The first-order valence-corrected chi connectivity index (χ1v) is 5.45.